The van der Waals surface area contributed by atoms with E-state index in [1.807, 2.05) is 20.8 Å². The van der Waals surface area contributed by atoms with Gasteiger partial charge in [-0.2, -0.15) is 4.98 Å². The van der Waals surface area contributed by atoms with Gasteiger partial charge in [0.05, 0.1) is 12.2 Å². The Balaban J connectivity index is 2.63. The van der Waals surface area contributed by atoms with Crippen molar-refractivity contribution in [2.24, 2.45) is 0 Å². The second-order valence-electron chi connectivity index (χ2n) is 4.68. The molecule has 0 atom stereocenters. The van der Waals surface area contributed by atoms with Gasteiger partial charge in [-0.15, -0.1) is 0 Å². The highest BCUT2D eigenvalue weighted by molar-refractivity contribution is 5.44. The minimum atomic E-state index is 0.227. The predicted molar refractivity (Wildman–Crippen MR) is 71.7 cm³/mol. The van der Waals surface area contributed by atoms with Crippen LogP contribution in [-0.2, 0) is 0 Å². The summed E-state index contributed by atoms with van der Waals surface area (Å²) in [6.07, 6.45) is 2.67. The average Bonchev–Trinajstić information content (AvgIpc) is 2.33. The van der Waals surface area contributed by atoms with Crippen molar-refractivity contribution in [3.8, 4) is 5.88 Å². The number of anilines is 1. The maximum Gasteiger partial charge on any atom is 0.221 e. The molecule has 0 radical (unpaired) electrons. The van der Waals surface area contributed by atoms with Gasteiger partial charge in [-0.05, 0) is 26.2 Å². The first-order valence-corrected chi connectivity index (χ1v) is 6.44. The number of aliphatic hydroxyl groups is 1. The molecule has 0 saturated heterocycles. The van der Waals surface area contributed by atoms with Gasteiger partial charge in [0.15, 0.2) is 0 Å². The molecule has 1 rings (SSSR count). The maximum absolute atomic E-state index is 8.68. The lowest BCUT2D eigenvalue weighted by molar-refractivity contribution is 0.261. The predicted octanol–water partition coefficient (Wildman–Crippen LogP) is 2.03. The SMILES string of the molecule is Cc1c(N)nc(C(C)C)nc1OCCCCCO. The second-order valence-corrected chi connectivity index (χ2v) is 4.68. The van der Waals surface area contributed by atoms with Gasteiger partial charge < -0.3 is 15.6 Å². The number of rotatable bonds is 7. The summed E-state index contributed by atoms with van der Waals surface area (Å²) in [5, 5.41) is 8.68. The van der Waals surface area contributed by atoms with Crippen LogP contribution in [0.1, 0.15) is 50.4 Å². The summed E-state index contributed by atoms with van der Waals surface area (Å²) >= 11 is 0. The molecule has 18 heavy (non-hydrogen) atoms. The van der Waals surface area contributed by atoms with Crippen molar-refractivity contribution in [3.05, 3.63) is 11.4 Å². The van der Waals surface area contributed by atoms with Crippen LogP contribution in [0.3, 0.4) is 0 Å². The highest BCUT2D eigenvalue weighted by Crippen LogP contribution is 2.22. The first-order chi connectivity index (χ1) is 8.56. The summed E-state index contributed by atoms with van der Waals surface area (Å²) < 4.78 is 5.64. The molecule has 1 aromatic rings. The summed E-state index contributed by atoms with van der Waals surface area (Å²) in [6.45, 7) is 6.73. The van der Waals surface area contributed by atoms with E-state index in [9.17, 15) is 0 Å². The van der Waals surface area contributed by atoms with Gasteiger partial charge in [-0.25, -0.2) is 4.98 Å². The summed E-state index contributed by atoms with van der Waals surface area (Å²) in [7, 11) is 0. The molecule has 3 N–H and O–H groups in total. The van der Waals surface area contributed by atoms with Crippen molar-refractivity contribution < 1.29 is 9.84 Å². The summed E-state index contributed by atoms with van der Waals surface area (Å²) in [6, 6.07) is 0. The Morgan fingerprint density at radius 1 is 1.22 bits per heavy atom. The minimum Gasteiger partial charge on any atom is -0.477 e. The first kappa shape index (κ1) is 14.7. The molecule has 0 aliphatic carbocycles. The van der Waals surface area contributed by atoms with E-state index in [1.165, 1.54) is 0 Å². The molecule has 0 aromatic carbocycles. The standard InChI is InChI=1S/C13H23N3O2/c1-9(2)12-15-11(14)10(3)13(16-12)18-8-6-4-5-7-17/h9,17H,4-8H2,1-3H3,(H2,14,15,16). The lowest BCUT2D eigenvalue weighted by Gasteiger charge is -2.12. The van der Waals surface area contributed by atoms with Gasteiger partial charge in [0.1, 0.15) is 11.6 Å². The average molecular weight is 253 g/mol. The zero-order valence-electron chi connectivity index (χ0n) is 11.4. The van der Waals surface area contributed by atoms with Crippen LogP contribution in [0.5, 0.6) is 5.88 Å². The molecule has 0 fully saturated rings. The summed E-state index contributed by atoms with van der Waals surface area (Å²) in [5.74, 6) is 2.00. The van der Waals surface area contributed by atoms with Crippen LogP contribution >= 0.6 is 0 Å². The van der Waals surface area contributed by atoms with E-state index in [-0.39, 0.29) is 12.5 Å². The third-order valence-corrected chi connectivity index (χ3v) is 2.71. The minimum absolute atomic E-state index is 0.227. The Bertz CT molecular complexity index is 381. The molecule has 0 saturated carbocycles. The van der Waals surface area contributed by atoms with Crippen molar-refractivity contribution >= 4 is 5.82 Å². The number of hydrogen-bond acceptors (Lipinski definition) is 5. The van der Waals surface area contributed by atoms with E-state index in [0.717, 1.165) is 24.8 Å². The van der Waals surface area contributed by atoms with Gasteiger partial charge >= 0.3 is 0 Å². The van der Waals surface area contributed by atoms with E-state index in [2.05, 4.69) is 9.97 Å². The van der Waals surface area contributed by atoms with Crippen LogP contribution in [-0.4, -0.2) is 28.3 Å². The quantitative estimate of drug-likeness (QED) is 0.727. The Hall–Kier alpha value is -1.36. The number of unbranched alkanes of at least 4 members (excludes halogenated alkanes) is 2. The number of aromatic nitrogens is 2. The van der Waals surface area contributed by atoms with Crippen molar-refractivity contribution in [3.63, 3.8) is 0 Å². The van der Waals surface area contributed by atoms with E-state index >= 15 is 0 Å². The highest BCUT2D eigenvalue weighted by Gasteiger charge is 2.12. The van der Waals surface area contributed by atoms with Crippen molar-refractivity contribution in [1.29, 1.82) is 0 Å². The number of ether oxygens (including phenoxy) is 1. The Kier molecular flexibility index (Phi) is 5.85. The first-order valence-electron chi connectivity index (χ1n) is 6.44. The molecule has 0 aliphatic rings. The molecule has 1 heterocycles. The van der Waals surface area contributed by atoms with Crippen molar-refractivity contribution in [2.45, 2.75) is 46.0 Å². The van der Waals surface area contributed by atoms with Crippen LogP contribution < -0.4 is 10.5 Å². The van der Waals surface area contributed by atoms with Gasteiger partial charge in [-0.3, -0.25) is 0 Å². The normalized spacial score (nSPS) is 10.9. The smallest absolute Gasteiger partial charge is 0.221 e. The number of aliphatic hydroxyl groups excluding tert-OH is 1. The van der Waals surface area contributed by atoms with Crippen LogP contribution in [0.4, 0.5) is 5.82 Å². The Labute approximate surface area is 108 Å². The number of nitrogens with two attached hydrogens (primary N) is 1. The molecule has 102 valence electrons. The monoisotopic (exact) mass is 253 g/mol. The molecule has 1 aromatic heterocycles. The van der Waals surface area contributed by atoms with E-state index in [4.69, 9.17) is 15.6 Å². The van der Waals surface area contributed by atoms with E-state index in [1.54, 1.807) is 0 Å². The van der Waals surface area contributed by atoms with Crippen LogP contribution in [0.25, 0.3) is 0 Å². The molecular formula is C13H23N3O2. The second kappa shape index (κ2) is 7.16. The fourth-order valence-electron chi connectivity index (χ4n) is 1.49. The third-order valence-electron chi connectivity index (χ3n) is 2.71. The molecule has 0 bridgehead atoms. The third kappa shape index (κ3) is 4.14. The lowest BCUT2D eigenvalue weighted by Crippen LogP contribution is -2.09. The number of nitrogens with zero attached hydrogens (tertiary/aromatic N) is 2. The van der Waals surface area contributed by atoms with Gasteiger partial charge in [0.2, 0.25) is 5.88 Å². The number of nitrogen functional groups attached to an aromatic ring is 1. The fraction of sp³-hybridized carbons (Fsp3) is 0.692. The molecule has 5 heteroatoms. The Morgan fingerprint density at radius 3 is 2.56 bits per heavy atom. The Morgan fingerprint density at radius 2 is 1.94 bits per heavy atom. The van der Waals surface area contributed by atoms with Gasteiger partial charge in [-0.1, -0.05) is 13.8 Å². The van der Waals surface area contributed by atoms with Crippen molar-refractivity contribution in [2.75, 3.05) is 18.9 Å². The number of hydrogen-bond donors (Lipinski definition) is 2. The lowest BCUT2D eigenvalue weighted by atomic mass is 10.2. The van der Waals surface area contributed by atoms with Crippen LogP contribution in [0.15, 0.2) is 0 Å². The molecule has 0 unspecified atom stereocenters. The van der Waals surface area contributed by atoms with E-state index < -0.39 is 0 Å². The van der Waals surface area contributed by atoms with Gasteiger partial charge in [0, 0.05) is 12.5 Å². The van der Waals surface area contributed by atoms with Crippen LogP contribution in [0.2, 0.25) is 0 Å². The van der Waals surface area contributed by atoms with Gasteiger partial charge in [0.25, 0.3) is 0 Å². The van der Waals surface area contributed by atoms with E-state index in [0.29, 0.717) is 24.1 Å². The summed E-state index contributed by atoms with van der Waals surface area (Å²) in [5.41, 5.74) is 6.64. The molecule has 5 nitrogen and oxygen atoms in total. The zero-order valence-corrected chi connectivity index (χ0v) is 11.4. The topological polar surface area (TPSA) is 81.3 Å². The molecular weight excluding hydrogens is 230 g/mol. The fourth-order valence-corrected chi connectivity index (χ4v) is 1.49. The maximum atomic E-state index is 8.68. The molecule has 0 spiro atoms. The highest BCUT2D eigenvalue weighted by atomic mass is 16.5. The van der Waals surface area contributed by atoms with Crippen molar-refractivity contribution in [1.82, 2.24) is 9.97 Å². The zero-order chi connectivity index (χ0) is 13.5. The van der Waals surface area contributed by atoms with Crippen LogP contribution in [0, 0.1) is 6.92 Å². The summed E-state index contributed by atoms with van der Waals surface area (Å²) in [4.78, 5) is 8.63. The molecule has 0 amide bonds. The molecule has 0 aliphatic heterocycles. The largest absolute Gasteiger partial charge is 0.477 e.